The average molecular weight is 243 g/mol. The number of carbonyl (C=O) groups excluding carboxylic acids is 1. The number of carbonyl (C=O) groups is 1. The lowest BCUT2D eigenvalue weighted by Crippen LogP contribution is -2.09. The first-order valence-electron chi connectivity index (χ1n) is 5.57. The summed E-state index contributed by atoms with van der Waals surface area (Å²) in [5.74, 6) is -0.0662. The Bertz CT molecular complexity index is 570. The minimum Gasteiger partial charge on any atom is -0.461 e. The molecule has 2 aromatic rings. The number of nitrogens with zero attached hydrogens (tertiary/aromatic N) is 2. The molecule has 0 amide bonds. The Morgan fingerprint density at radius 2 is 2.17 bits per heavy atom. The Morgan fingerprint density at radius 1 is 1.33 bits per heavy atom. The van der Waals surface area contributed by atoms with Gasteiger partial charge < -0.3 is 10.5 Å². The smallest absolute Gasteiger partial charge is 0.357 e. The molecule has 0 saturated heterocycles. The van der Waals surface area contributed by atoms with Crippen molar-refractivity contribution in [1.82, 2.24) is 9.97 Å². The van der Waals surface area contributed by atoms with E-state index in [9.17, 15) is 4.79 Å². The van der Waals surface area contributed by atoms with Crippen LogP contribution >= 0.6 is 0 Å². The van der Waals surface area contributed by atoms with E-state index >= 15 is 0 Å². The van der Waals surface area contributed by atoms with Crippen LogP contribution in [0.1, 0.15) is 17.4 Å². The Kier molecular flexibility index (Phi) is 3.52. The number of ether oxygens (including phenoxy) is 1. The van der Waals surface area contributed by atoms with Gasteiger partial charge in [-0.3, -0.25) is 0 Å². The number of rotatable bonds is 3. The summed E-state index contributed by atoms with van der Waals surface area (Å²) in [6, 6.07) is 8.74. The van der Waals surface area contributed by atoms with E-state index in [1.807, 2.05) is 0 Å². The van der Waals surface area contributed by atoms with Crippen molar-refractivity contribution in [2.75, 3.05) is 12.3 Å². The van der Waals surface area contributed by atoms with Gasteiger partial charge in [-0.05, 0) is 31.2 Å². The number of nitrogens with two attached hydrogens (primary N) is 1. The summed E-state index contributed by atoms with van der Waals surface area (Å²) >= 11 is 0. The van der Waals surface area contributed by atoms with Crippen LogP contribution < -0.4 is 5.73 Å². The summed E-state index contributed by atoms with van der Waals surface area (Å²) in [6.07, 6.45) is 1.54. The number of aromatic nitrogens is 2. The van der Waals surface area contributed by atoms with Gasteiger partial charge in [0.15, 0.2) is 5.69 Å². The van der Waals surface area contributed by atoms with Gasteiger partial charge in [-0.1, -0.05) is 6.07 Å². The molecular weight excluding hydrogens is 230 g/mol. The first-order valence-corrected chi connectivity index (χ1v) is 5.57. The molecule has 92 valence electrons. The second kappa shape index (κ2) is 5.27. The number of hydrogen-bond donors (Lipinski definition) is 1. The third-order valence-corrected chi connectivity index (χ3v) is 2.32. The topological polar surface area (TPSA) is 78.1 Å². The highest BCUT2D eigenvalue weighted by Gasteiger charge is 2.15. The van der Waals surface area contributed by atoms with Gasteiger partial charge in [-0.15, -0.1) is 0 Å². The highest BCUT2D eigenvalue weighted by molar-refractivity contribution is 5.94. The molecule has 2 heterocycles. The molecule has 0 atom stereocenters. The summed E-state index contributed by atoms with van der Waals surface area (Å²) in [4.78, 5) is 20.0. The van der Waals surface area contributed by atoms with Crippen LogP contribution in [0.3, 0.4) is 0 Å². The van der Waals surface area contributed by atoms with E-state index in [2.05, 4.69) is 9.97 Å². The molecule has 0 saturated carbocycles. The minimum atomic E-state index is -0.461. The van der Waals surface area contributed by atoms with Crippen LogP contribution in [0.15, 0.2) is 36.5 Å². The van der Waals surface area contributed by atoms with Crippen LogP contribution in [-0.2, 0) is 4.74 Å². The summed E-state index contributed by atoms with van der Waals surface area (Å²) in [5, 5.41) is 0. The van der Waals surface area contributed by atoms with Gasteiger partial charge in [0.05, 0.1) is 12.3 Å². The molecule has 0 aliphatic rings. The van der Waals surface area contributed by atoms with Gasteiger partial charge in [0.25, 0.3) is 0 Å². The van der Waals surface area contributed by atoms with Crippen molar-refractivity contribution in [1.29, 1.82) is 0 Å². The number of pyridine rings is 2. The van der Waals surface area contributed by atoms with Crippen molar-refractivity contribution >= 4 is 11.8 Å². The van der Waals surface area contributed by atoms with E-state index in [0.717, 1.165) is 0 Å². The molecule has 0 unspecified atom stereocenters. The van der Waals surface area contributed by atoms with Crippen molar-refractivity contribution in [2.24, 2.45) is 0 Å². The van der Waals surface area contributed by atoms with Gasteiger partial charge in [0, 0.05) is 11.8 Å². The normalized spacial score (nSPS) is 10.1. The highest BCUT2D eigenvalue weighted by Crippen LogP contribution is 2.21. The molecule has 2 rings (SSSR count). The van der Waals surface area contributed by atoms with Gasteiger partial charge in [0.2, 0.25) is 0 Å². The molecule has 0 spiro atoms. The second-order valence-corrected chi connectivity index (χ2v) is 3.57. The molecule has 2 aromatic heterocycles. The van der Waals surface area contributed by atoms with E-state index in [1.165, 1.54) is 0 Å². The predicted molar refractivity (Wildman–Crippen MR) is 67.8 cm³/mol. The maximum absolute atomic E-state index is 11.8. The molecule has 2 N–H and O–H groups in total. The Labute approximate surface area is 105 Å². The quantitative estimate of drug-likeness (QED) is 0.833. The fourth-order valence-electron chi connectivity index (χ4n) is 1.58. The molecule has 0 bridgehead atoms. The summed E-state index contributed by atoms with van der Waals surface area (Å²) in [5.41, 5.74) is 7.10. The van der Waals surface area contributed by atoms with Gasteiger partial charge in [-0.25, -0.2) is 14.8 Å². The Balaban J connectivity index is 2.48. The molecule has 18 heavy (non-hydrogen) atoms. The van der Waals surface area contributed by atoms with Crippen molar-refractivity contribution < 1.29 is 9.53 Å². The lowest BCUT2D eigenvalue weighted by molar-refractivity contribution is 0.0520. The minimum absolute atomic E-state index is 0.248. The zero-order valence-corrected chi connectivity index (χ0v) is 9.96. The van der Waals surface area contributed by atoms with Crippen molar-refractivity contribution in [3.05, 3.63) is 42.2 Å². The zero-order valence-electron chi connectivity index (χ0n) is 9.96. The zero-order chi connectivity index (χ0) is 13.0. The first kappa shape index (κ1) is 12.0. The standard InChI is InChI=1S/C13H13N3O2/c1-2-18-13(17)12-9(5-4-8-15-12)10-6-3-7-11(14)16-10/h3-8H,2H2,1H3,(H2,14,16). The summed E-state index contributed by atoms with van der Waals surface area (Å²) in [6.45, 7) is 2.05. The number of anilines is 1. The van der Waals surface area contributed by atoms with E-state index in [4.69, 9.17) is 10.5 Å². The lowest BCUT2D eigenvalue weighted by Gasteiger charge is -2.07. The third-order valence-electron chi connectivity index (χ3n) is 2.32. The van der Waals surface area contributed by atoms with Crippen LogP contribution in [0.25, 0.3) is 11.3 Å². The predicted octanol–water partition coefficient (Wildman–Crippen LogP) is 1.90. The van der Waals surface area contributed by atoms with Crippen molar-refractivity contribution in [2.45, 2.75) is 6.92 Å². The number of nitrogen functional groups attached to an aromatic ring is 1. The number of hydrogen-bond acceptors (Lipinski definition) is 5. The van der Waals surface area contributed by atoms with Crippen LogP contribution in [0, 0.1) is 0 Å². The van der Waals surface area contributed by atoms with Crippen LogP contribution in [0.5, 0.6) is 0 Å². The fraction of sp³-hybridized carbons (Fsp3) is 0.154. The summed E-state index contributed by atoms with van der Waals surface area (Å²) < 4.78 is 4.96. The van der Waals surface area contributed by atoms with Gasteiger partial charge >= 0.3 is 5.97 Å². The largest absolute Gasteiger partial charge is 0.461 e. The maximum Gasteiger partial charge on any atom is 0.357 e. The SMILES string of the molecule is CCOC(=O)c1ncccc1-c1cccc(N)n1. The molecular formula is C13H13N3O2. The first-order chi connectivity index (χ1) is 8.72. The average Bonchev–Trinajstić information content (AvgIpc) is 2.39. The highest BCUT2D eigenvalue weighted by atomic mass is 16.5. The fourth-order valence-corrected chi connectivity index (χ4v) is 1.58. The maximum atomic E-state index is 11.8. The van der Waals surface area contributed by atoms with Crippen LogP contribution in [0.2, 0.25) is 0 Å². The molecule has 0 fully saturated rings. The Morgan fingerprint density at radius 3 is 2.89 bits per heavy atom. The molecule has 0 radical (unpaired) electrons. The monoisotopic (exact) mass is 243 g/mol. The van der Waals surface area contributed by atoms with Gasteiger partial charge in [-0.2, -0.15) is 0 Å². The third kappa shape index (κ3) is 2.45. The van der Waals surface area contributed by atoms with Crippen molar-refractivity contribution in [3.8, 4) is 11.3 Å². The summed E-state index contributed by atoms with van der Waals surface area (Å²) in [7, 11) is 0. The lowest BCUT2D eigenvalue weighted by atomic mass is 10.1. The number of esters is 1. The van der Waals surface area contributed by atoms with E-state index < -0.39 is 5.97 Å². The van der Waals surface area contributed by atoms with E-state index in [-0.39, 0.29) is 5.69 Å². The molecule has 5 nitrogen and oxygen atoms in total. The molecule has 0 aliphatic heterocycles. The van der Waals surface area contributed by atoms with Gasteiger partial charge in [0.1, 0.15) is 5.82 Å². The Hall–Kier alpha value is -2.43. The van der Waals surface area contributed by atoms with E-state index in [0.29, 0.717) is 23.7 Å². The molecule has 0 aromatic carbocycles. The second-order valence-electron chi connectivity index (χ2n) is 3.57. The van der Waals surface area contributed by atoms with E-state index in [1.54, 1.807) is 43.5 Å². The van der Waals surface area contributed by atoms with Crippen molar-refractivity contribution in [3.63, 3.8) is 0 Å². The molecule has 0 aliphatic carbocycles. The van der Waals surface area contributed by atoms with Crippen LogP contribution in [0.4, 0.5) is 5.82 Å². The van der Waals surface area contributed by atoms with Crippen LogP contribution in [-0.4, -0.2) is 22.5 Å². The molecule has 5 heteroatoms.